The fourth-order valence-corrected chi connectivity index (χ4v) is 4.54. The molecule has 160 valence electrons. The SMILES string of the molecule is O=C(NCCNC(=O)C1CCCCC1)c1ccc(S(=O)(=O)Nc2ccccc2)cc1. The van der Waals surface area contributed by atoms with Gasteiger partial charge in [0.05, 0.1) is 4.90 Å². The van der Waals surface area contributed by atoms with Crippen LogP contribution < -0.4 is 15.4 Å². The van der Waals surface area contributed by atoms with Gasteiger partial charge in [0.2, 0.25) is 5.91 Å². The van der Waals surface area contributed by atoms with Crippen LogP contribution in [0.15, 0.2) is 59.5 Å². The standard InChI is InChI=1S/C22H27N3O4S/c26-21(17-7-3-1-4-8-17)23-15-16-24-22(27)18-11-13-20(14-12-18)30(28,29)25-19-9-5-2-6-10-19/h2,5-6,9-14,17,25H,1,3-4,7-8,15-16H2,(H,23,26)(H,24,27). The third-order valence-corrected chi connectivity index (χ3v) is 6.54. The maximum absolute atomic E-state index is 12.4. The molecular formula is C22H27N3O4S. The van der Waals surface area contributed by atoms with Crippen molar-refractivity contribution < 1.29 is 18.0 Å². The van der Waals surface area contributed by atoms with Crippen molar-refractivity contribution in [2.75, 3.05) is 17.8 Å². The predicted octanol–water partition coefficient (Wildman–Crippen LogP) is 2.91. The summed E-state index contributed by atoms with van der Waals surface area (Å²) in [5, 5.41) is 5.61. The molecule has 0 atom stereocenters. The lowest BCUT2D eigenvalue weighted by Gasteiger charge is -2.20. The van der Waals surface area contributed by atoms with Gasteiger partial charge in [0, 0.05) is 30.3 Å². The zero-order valence-corrected chi connectivity index (χ0v) is 17.6. The Labute approximate surface area is 177 Å². The number of benzene rings is 2. The van der Waals surface area contributed by atoms with E-state index in [9.17, 15) is 18.0 Å². The van der Waals surface area contributed by atoms with Crippen LogP contribution in [0, 0.1) is 5.92 Å². The van der Waals surface area contributed by atoms with E-state index in [0.717, 1.165) is 25.7 Å². The summed E-state index contributed by atoms with van der Waals surface area (Å²) >= 11 is 0. The summed E-state index contributed by atoms with van der Waals surface area (Å²) in [6.07, 6.45) is 5.27. The molecule has 0 radical (unpaired) electrons. The molecule has 0 saturated heterocycles. The van der Waals surface area contributed by atoms with E-state index in [1.54, 1.807) is 30.3 Å². The third-order valence-electron chi connectivity index (χ3n) is 5.14. The Morgan fingerprint density at radius 2 is 1.47 bits per heavy atom. The van der Waals surface area contributed by atoms with E-state index in [2.05, 4.69) is 15.4 Å². The highest BCUT2D eigenvalue weighted by Crippen LogP contribution is 2.23. The molecular weight excluding hydrogens is 402 g/mol. The van der Waals surface area contributed by atoms with Gasteiger partial charge in [-0.05, 0) is 49.2 Å². The van der Waals surface area contributed by atoms with E-state index in [4.69, 9.17) is 0 Å². The second-order valence-electron chi connectivity index (χ2n) is 7.38. The Morgan fingerprint density at radius 3 is 2.13 bits per heavy atom. The molecule has 1 fully saturated rings. The number of nitrogens with one attached hydrogen (secondary N) is 3. The molecule has 3 N–H and O–H groups in total. The molecule has 0 bridgehead atoms. The van der Waals surface area contributed by atoms with Crippen LogP contribution in [0.4, 0.5) is 5.69 Å². The summed E-state index contributed by atoms with van der Waals surface area (Å²) in [6, 6.07) is 14.3. The van der Waals surface area contributed by atoms with Crippen molar-refractivity contribution in [3.63, 3.8) is 0 Å². The molecule has 1 saturated carbocycles. The van der Waals surface area contributed by atoms with Crippen molar-refractivity contribution >= 4 is 27.5 Å². The summed E-state index contributed by atoms with van der Waals surface area (Å²) in [5.41, 5.74) is 0.821. The van der Waals surface area contributed by atoms with E-state index in [1.807, 2.05) is 0 Å². The highest BCUT2D eigenvalue weighted by atomic mass is 32.2. The average molecular weight is 430 g/mol. The lowest BCUT2D eigenvalue weighted by atomic mass is 9.89. The van der Waals surface area contributed by atoms with Crippen molar-refractivity contribution in [3.05, 3.63) is 60.2 Å². The first-order valence-corrected chi connectivity index (χ1v) is 11.7. The first-order chi connectivity index (χ1) is 14.5. The quantitative estimate of drug-likeness (QED) is 0.561. The molecule has 0 heterocycles. The van der Waals surface area contributed by atoms with Crippen LogP contribution in [0.25, 0.3) is 0 Å². The van der Waals surface area contributed by atoms with Gasteiger partial charge < -0.3 is 10.6 Å². The van der Waals surface area contributed by atoms with Crippen molar-refractivity contribution in [1.29, 1.82) is 0 Å². The zero-order chi connectivity index (χ0) is 21.4. The van der Waals surface area contributed by atoms with Gasteiger partial charge in [0.25, 0.3) is 15.9 Å². The van der Waals surface area contributed by atoms with E-state index in [-0.39, 0.29) is 22.6 Å². The molecule has 2 amide bonds. The molecule has 1 aliphatic carbocycles. The lowest BCUT2D eigenvalue weighted by molar-refractivity contribution is -0.125. The van der Waals surface area contributed by atoms with Crippen LogP contribution in [0.1, 0.15) is 42.5 Å². The average Bonchev–Trinajstić information content (AvgIpc) is 2.77. The van der Waals surface area contributed by atoms with Crippen LogP contribution in [0.2, 0.25) is 0 Å². The molecule has 0 unspecified atom stereocenters. The second kappa shape index (κ2) is 10.2. The van der Waals surface area contributed by atoms with Crippen LogP contribution >= 0.6 is 0 Å². The number of sulfonamides is 1. The third kappa shape index (κ3) is 6.06. The molecule has 8 heteroatoms. The number of amides is 2. The number of rotatable bonds is 8. The largest absolute Gasteiger partial charge is 0.354 e. The van der Waals surface area contributed by atoms with Crippen molar-refractivity contribution in [3.8, 4) is 0 Å². The van der Waals surface area contributed by atoms with Gasteiger partial charge in [-0.25, -0.2) is 8.42 Å². The maximum atomic E-state index is 12.4. The van der Waals surface area contributed by atoms with Crippen molar-refractivity contribution in [2.24, 2.45) is 5.92 Å². The number of carbonyl (C=O) groups is 2. The van der Waals surface area contributed by atoms with Gasteiger partial charge in [0.1, 0.15) is 0 Å². The summed E-state index contributed by atoms with van der Waals surface area (Å²) in [6.45, 7) is 0.682. The first-order valence-electron chi connectivity index (χ1n) is 10.2. The van der Waals surface area contributed by atoms with Crippen LogP contribution in [-0.4, -0.2) is 33.3 Å². The molecule has 2 aromatic carbocycles. The van der Waals surface area contributed by atoms with E-state index >= 15 is 0 Å². The molecule has 1 aliphatic rings. The van der Waals surface area contributed by atoms with Gasteiger partial charge in [0.15, 0.2) is 0 Å². The molecule has 0 spiro atoms. The fourth-order valence-electron chi connectivity index (χ4n) is 3.48. The smallest absolute Gasteiger partial charge is 0.261 e. The summed E-state index contributed by atoms with van der Waals surface area (Å²) in [4.78, 5) is 24.4. The number of carbonyl (C=O) groups excluding carboxylic acids is 2. The minimum atomic E-state index is -3.73. The van der Waals surface area contributed by atoms with Crippen LogP contribution in [0.3, 0.4) is 0 Å². The monoisotopic (exact) mass is 429 g/mol. The molecule has 2 aromatic rings. The number of hydrogen-bond acceptors (Lipinski definition) is 4. The van der Waals surface area contributed by atoms with E-state index in [0.29, 0.717) is 24.3 Å². The first kappa shape index (κ1) is 21.8. The molecule has 30 heavy (non-hydrogen) atoms. The Bertz CT molecular complexity index is 954. The topological polar surface area (TPSA) is 104 Å². The predicted molar refractivity (Wildman–Crippen MR) is 116 cm³/mol. The van der Waals surface area contributed by atoms with Gasteiger partial charge in [-0.1, -0.05) is 37.5 Å². The minimum Gasteiger partial charge on any atom is -0.354 e. The van der Waals surface area contributed by atoms with E-state index < -0.39 is 10.0 Å². The highest BCUT2D eigenvalue weighted by Gasteiger charge is 2.20. The Morgan fingerprint density at radius 1 is 0.833 bits per heavy atom. The number of anilines is 1. The Balaban J connectivity index is 1.47. The number of hydrogen-bond donors (Lipinski definition) is 3. The highest BCUT2D eigenvalue weighted by molar-refractivity contribution is 7.92. The lowest BCUT2D eigenvalue weighted by Crippen LogP contribution is -2.38. The summed E-state index contributed by atoms with van der Waals surface area (Å²) < 4.78 is 27.4. The molecule has 7 nitrogen and oxygen atoms in total. The van der Waals surface area contributed by atoms with Crippen molar-refractivity contribution in [1.82, 2.24) is 10.6 Å². The number of para-hydroxylation sites is 1. The van der Waals surface area contributed by atoms with Crippen molar-refractivity contribution in [2.45, 2.75) is 37.0 Å². The zero-order valence-electron chi connectivity index (χ0n) is 16.8. The molecule has 3 rings (SSSR count). The van der Waals surface area contributed by atoms with Gasteiger partial charge in [-0.15, -0.1) is 0 Å². The normalized spacial score (nSPS) is 14.7. The maximum Gasteiger partial charge on any atom is 0.261 e. The molecule has 0 aromatic heterocycles. The van der Waals surface area contributed by atoms with Crippen LogP contribution in [0.5, 0.6) is 0 Å². The van der Waals surface area contributed by atoms with Gasteiger partial charge in [-0.2, -0.15) is 0 Å². The summed E-state index contributed by atoms with van der Waals surface area (Å²) in [5.74, 6) is -0.167. The van der Waals surface area contributed by atoms with E-state index in [1.165, 1.54) is 30.7 Å². The fraction of sp³-hybridized carbons (Fsp3) is 0.364. The Kier molecular flexibility index (Phi) is 7.46. The minimum absolute atomic E-state index is 0.0597. The summed E-state index contributed by atoms with van der Waals surface area (Å²) in [7, 11) is -3.73. The van der Waals surface area contributed by atoms with Crippen LogP contribution in [-0.2, 0) is 14.8 Å². The Hall–Kier alpha value is -2.87. The van der Waals surface area contributed by atoms with Gasteiger partial charge in [-0.3, -0.25) is 14.3 Å². The van der Waals surface area contributed by atoms with Gasteiger partial charge >= 0.3 is 0 Å². The second-order valence-corrected chi connectivity index (χ2v) is 9.06. The molecule has 0 aliphatic heterocycles.